The van der Waals surface area contributed by atoms with Crippen LogP contribution in [0.1, 0.15) is 29.3 Å². The fourth-order valence-corrected chi connectivity index (χ4v) is 2.47. The molecule has 1 fully saturated rings. The van der Waals surface area contributed by atoms with Gasteiger partial charge in [0, 0.05) is 18.1 Å². The van der Waals surface area contributed by atoms with E-state index in [0.29, 0.717) is 5.02 Å². The van der Waals surface area contributed by atoms with Gasteiger partial charge in [-0.3, -0.25) is 4.79 Å². The molecule has 2 nitrogen and oxygen atoms in total. The Morgan fingerprint density at radius 3 is 2.59 bits per heavy atom. The molecule has 1 atom stereocenters. The van der Waals surface area contributed by atoms with Gasteiger partial charge in [-0.15, -0.1) is 11.6 Å². The Labute approximate surface area is 112 Å². The van der Waals surface area contributed by atoms with E-state index in [0.717, 1.165) is 37.1 Å². The van der Waals surface area contributed by atoms with Gasteiger partial charge in [0.2, 0.25) is 5.91 Å². The van der Waals surface area contributed by atoms with Crippen LogP contribution >= 0.6 is 23.2 Å². The molecule has 1 unspecified atom stereocenters. The van der Waals surface area contributed by atoms with Crippen LogP contribution in [0.5, 0.6) is 0 Å². The molecule has 1 aliphatic heterocycles. The van der Waals surface area contributed by atoms with Gasteiger partial charge in [-0.05, 0) is 37.0 Å². The second kappa shape index (κ2) is 5.28. The van der Waals surface area contributed by atoms with Crippen LogP contribution in [0.25, 0.3) is 0 Å². The first-order valence-electron chi connectivity index (χ1n) is 5.78. The van der Waals surface area contributed by atoms with E-state index >= 15 is 0 Å². The van der Waals surface area contributed by atoms with Crippen molar-refractivity contribution in [1.82, 2.24) is 4.90 Å². The molecular formula is C13H15Cl2NO. The molecule has 17 heavy (non-hydrogen) atoms. The Bertz CT molecular complexity index is 427. The lowest BCUT2D eigenvalue weighted by Crippen LogP contribution is -2.30. The third-order valence-electron chi connectivity index (χ3n) is 3.12. The Balaban J connectivity index is 2.15. The third-order valence-corrected chi connectivity index (χ3v) is 3.97. The maximum Gasteiger partial charge on any atom is 0.245 e. The lowest BCUT2D eigenvalue weighted by Gasteiger charge is -2.19. The summed E-state index contributed by atoms with van der Waals surface area (Å²) in [7, 11) is 0. The van der Waals surface area contributed by atoms with Gasteiger partial charge in [0.25, 0.3) is 0 Å². The minimum atomic E-state index is -0.619. The number of amides is 1. The summed E-state index contributed by atoms with van der Waals surface area (Å²) >= 11 is 12.2. The molecule has 0 saturated carbocycles. The molecule has 1 amide bonds. The highest BCUT2D eigenvalue weighted by Crippen LogP contribution is 2.28. The first-order chi connectivity index (χ1) is 8.09. The highest BCUT2D eigenvalue weighted by molar-refractivity contribution is 6.33. The molecule has 1 heterocycles. The Morgan fingerprint density at radius 2 is 2.00 bits per heavy atom. The van der Waals surface area contributed by atoms with E-state index in [-0.39, 0.29) is 5.91 Å². The predicted molar refractivity (Wildman–Crippen MR) is 70.6 cm³/mol. The maximum absolute atomic E-state index is 12.1. The van der Waals surface area contributed by atoms with Crippen LogP contribution in [-0.4, -0.2) is 23.9 Å². The average molecular weight is 272 g/mol. The van der Waals surface area contributed by atoms with Crippen molar-refractivity contribution in [1.29, 1.82) is 0 Å². The minimum absolute atomic E-state index is 0.0101. The van der Waals surface area contributed by atoms with E-state index < -0.39 is 5.38 Å². The monoisotopic (exact) mass is 271 g/mol. The first kappa shape index (κ1) is 12.7. The molecule has 2 rings (SSSR count). The van der Waals surface area contributed by atoms with Crippen LogP contribution in [0.2, 0.25) is 5.02 Å². The average Bonchev–Trinajstić information content (AvgIpc) is 2.84. The molecule has 4 heteroatoms. The molecule has 0 N–H and O–H groups in total. The number of carbonyl (C=O) groups is 1. The van der Waals surface area contributed by atoms with Crippen LogP contribution in [0.15, 0.2) is 18.2 Å². The van der Waals surface area contributed by atoms with Crippen molar-refractivity contribution in [3.63, 3.8) is 0 Å². The number of rotatable bonds is 2. The lowest BCUT2D eigenvalue weighted by molar-refractivity contribution is -0.129. The van der Waals surface area contributed by atoms with Crippen molar-refractivity contribution in [3.05, 3.63) is 34.3 Å². The van der Waals surface area contributed by atoms with E-state index in [1.54, 1.807) is 6.07 Å². The van der Waals surface area contributed by atoms with Crippen molar-refractivity contribution in [3.8, 4) is 0 Å². The zero-order valence-corrected chi connectivity index (χ0v) is 11.3. The second-order valence-corrected chi connectivity index (χ2v) is 5.25. The minimum Gasteiger partial charge on any atom is -0.341 e. The number of nitrogens with zero attached hydrogens (tertiary/aromatic N) is 1. The van der Waals surface area contributed by atoms with Crippen LogP contribution in [0.3, 0.4) is 0 Å². The number of carbonyl (C=O) groups excluding carboxylic acids is 1. The smallest absolute Gasteiger partial charge is 0.245 e. The molecule has 0 spiro atoms. The third kappa shape index (κ3) is 2.75. The van der Waals surface area contributed by atoms with E-state index in [1.165, 1.54) is 0 Å². The molecule has 0 aromatic heterocycles. The van der Waals surface area contributed by atoms with Crippen molar-refractivity contribution in [2.75, 3.05) is 13.1 Å². The van der Waals surface area contributed by atoms with Gasteiger partial charge in [-0.25, -0.2) is 0 Å². The zero-order chi connectivity index (χ0) is 12.4. The van der Waals surface area contributed by atoms with Crippen LogP contribution in [0, 0.1) is 6.92 Å². The van der Waals surface area contributed by atoms with Gasteiger partial charge in [0.05, 0.1) is 0 Å². The molecule has 92 valence electrons. The predicted octanol–water partition coefficient (Wildman–Crippen LogP) is 3.55. The molecule has 0 radical (unpaired) electrons. The van der Waals surface area contributed by atoms with Gasteiger partial charge >= 0.3 is 0 Å². The standard InChI is InChI=1S/C13H15Cl2NO/c1-9-4-5-10(8-11(9)14)12(15)13(17)16-6-2-3-7-16/h4-5,8,12H,2-3,6-7H2,1H3. The van der Waals surface area contributed by atoms with Crippen LogP contribution in [-0.2, 0) is 4.79 Å². The summed E-state index contributed by atoms with van der Waals surface area (Å²) in [6, 6.07) is 5.54. The summed E-state index contributed by atoms with van der Waals surface area (Å²) in [4.78, 5) is 13.9. The van der Waals surface area contributed by atoms with E-state index in [1.807, 2.05) is 24.0 Å². The number of aryl methyl sites for hydroxylation is 1. The summed E-state index contributed by atoms with van der Waals surface area (Å²) in [5.41, 5.74) is 1.77. The van der Waals surface area contributed by atoms with Crippen molar-refractivity contribution in [2.45, 2.75) is 25.1 Å². The molecule has 0 bridgehead atoms. The van der Waals surface area contributed by atoms with E-state index in [9.17, 15) is 4.79 Å². The van der Waals surface area contributed by atoms with Gasteiger partial charge in [0.1, 0.15) is 5.38 Å². The van der Waals surface area contributed by atoms with Gasteiger partial charge in [-0.1, -0.05) is 23.7 Å². The maximum atomic E-state index is 12.1. The highest BCUT2D eigenvalue weighted by Gasteiger charge is 2.26. The largest absolute Gasteiger partial charge is 0.341 e. The number of likely N-dealkylation sites (tertiary alicyclic amines) is 1. The molecule has 1 aromatic rings. The fourth-order valence-electron chi connectivity index (χ4n) is 2.01. The summed E-state index contributed by atoms with van der Waals surface area (Å²) in [5, 5.41) is 0.0357. The number of hydrogen-bond acceptors (Lipinski definition) is 1. The molecule has 1 aliphatic rings. The molecule has 0 aliphatic carbocycles. The first-order valence-corrected chi connectivity index (χ1v) is 6.60. The van der Waals surface area contributed by atoms with Crippen molar-refractivity contribution in [2.24, 2.45) is 0 Å². The Kier molecular flexibility index (Phi) is 3.95. The Morgan fingerprint density at radius 1 is 1.35 bits per heavy atom. The quantitative estimate of drug-likeness (QED) is 0.754. The highest BCUT2D eigenvalue weighted by atomic mass is 35.5. The zero-order valence-electron chi connectivity index (χ0n) is 9.75. The number of alkyl halides is 1. The SMILES string of the molecule is Cc1ccc(C(Cl)C(=O)N2CCCC2)cc1Cl. The van der Waals surface area contributed by atoms with Gasteiger partial charge < -0.3 is 4.90 Å². The van der Waals surface area contributed by atoms with Crippen LogP contribution in [0.4, 0.5) is 0 Å². The summed E-state index contributed by atoms with van der Waals surface area (Å²) in [6.45, 7) is 3.57. The fraction of sp³-hybridized carbons (Fsp3) is 0.462. The molecule has 1 saturated heterocycles. The lowest BCUT2D eigenvalue weighted by atomic mass is 10.1. The van der Waals surface area contributed by atoms with Gasteiger partial charge in [0.15, 0.2) is 0 Å². The van der Waals surface area contributed by atoms with Crippen molar-refractivity contribution >= 4 is 29.1 Å². The normalized spacial score (nSPS) is 17.2. The number of halogens is 2. The summed E-state index contributed by atoms with van der Waals surface area (Å²) in [6.07, 6.45) is 2.15. The van der Waals surface area contributed by atoms with Crippen LogP contribution < -0.4 is 0 Å². The second-order valence-electron chi connectivity index (χ2n) is 4.40. The summed E-state index contributed by atoms with van der Waals surface area (Å²) < 4.78 is 0. The topological polar surface area (TPSA) is 20.3 Å². The molecule has 1 aromatic carbocycles. The van der Waals surface area contributed by atoms with E-state index in [4.69, 9.17) is 23.2 Å². The molecular weight excluding hydrogens is 257 g/mol. The van der Waals surface area contributed by atoms with Crippen molar-refractivity contribution < 1.29 is 4.79 Å². The van der Waals surface area contributed by atoms with E-state index in [2.05, 4.69) is 0 Å². The number of hydrogen-bond donors (Lipinski definition) is 0. The summed E-state index contributed by atoms with van der Waals surface area (Å²) in [5.74, 6) is -0.0101. The Hall–Kier alpha value is -0.730. The van der Waals surface area contributed by atoms with Gasteiger partial charge in [-0.2, -0.15) is 0 Å². The number of benzene rings is 1.